The second-order valence-corrected chi connectivity index (χ2v) is 8.37. The van der Waals surface area contributed by atoms with Crippen LogP contribution in [0.5, 0.6) is 0 Å². The van der Waals surface area contributed by atoms with Crippen LogP contribution in [0.3, 0.4) is 0 Å². The molecule has 0 saturated heterocycles. The molecule has 0 amide bonds. The van der Waals surface area contributed by atoms with Gasteiger partial charge in [-0.05, 0) is 40.3 Å². The smallest absolute Gasteiger partial charge is 0.320 e. The number of halogens is 1. The molecule has 6 heteroatoms. The molecule has 0 aliphatic heterocycles. The average molecular weight is 444 g/mol. The molecule has 0 aliphatic rings. The first-order valence-corrected chi connectivity index (χ1v) is 10.9. The van der Waals surface area contributed by atoms with Gasteiger partial charge in [0.25, 0.3) is 0 Å². The number of carbonyl (C=O) groups is 1. The van der Waals surface area contributed by atoms with Crippen LogP contribution in [0.4, 0.5) is 4.39 Å². The van der Waals surface area contributed by atoms with E-state index in [1.54, 1.807) is 24.5 Å². The van der Waals surface area contributed by atoms with Crippen molar-refractivity contribution in [2.24, 2.45) is 5.92 Å². The van der Waals surface area contributed by atoms with Crippen molar-refractivity contribution in [1.82, 2.24) is 15.5 Å². The van der Waals surface area contributed by atoms with Crippen molar-refractivity contribution in [1.29, 1.82) is 0 Å². The van der Waals surface area contributed by atoms with Crippen molar-refractivity contribution in [2.45, 2.75) is 25.9 Å². The predicted molar refractivity (Wildman–Crippen MR) is 127 cm³/mol. The lowest BCUT2D eigenvalue weighted by Crippen LogP contribution is -2.43. The van der Waals surface area contributed by atoms with E-state index >= 15 is 0 Å². The molecule has 3 aromatic carbocycles. The molecular formula is C27H26FN3O2. The first kappa shape index (κ1) is 22.4. The first-order chi connectivity index (χ1) is 15.9. The number of H-pyrrole nitrogens is 1. The predicted octanol–water partition coefficient (Wildman–Crippen LogP) is 5.67. The van der Waals surface area contributed by atoms with Crippen LogP contribution in [-0.4, -0.2) is 27.3 Å². The normalized spacial score (nSPS) is 13.1. The Kier molecular flexibility index (Phi) is 6.66. The van der Waals surface area contributed by atoms with Crippen molar-refractivity contribution in [2.75, 3.05) is 0 Å². The van der Waals surface area contributed by atoms with E-state index in [2.05, 4.69) is 15.5 Å². The highest BCUT2D eigenvalue weighted by Gasteiger charge is 2.27. The van der Waals surface area contributed by atoms with Gasteiger partial charge in [0.2, 0.25) is 0 Å². The van der Waals surface area contributed by atoms with Crippen LogP contribution in [0.2, 0.25) is 0 Å². The van der Waals surface area contributed by atoms with Gasteiger partial charge in [-0.15, -0.1) is 0 Å². The summed E-state index contributed by atoms with van der Waals surface area (Å²) in [7, 11) is 0. The van der Waals surface area contributed by atoms with Crippen LogP contribution in [0, 0.1) is 11.7 Å². The SMILES string of the molecule is CC(C)C(NC(c1cn[nH]c1)c1ccc(F)c(-c2ccc(-c3ccccc3)cc2)c1)C(=O)O. The number of benzene rings is 3. The number of hydrogen-bond acceptors (Lipinski definition) is 3. The van der Waals surface area contributed by atoms with E-state index in [0.29, 0.717) is 5.56 Å². The van der Waals surface area contributed by atoms with Gasteiger partial charge in [0, 0.05) is 17.3 Å². The van der Waals surface area contributed by atoms with Crippen LogP contribution < -0.4 is 5.32 Å². The standard InChI is InChI=1S/C27H26FN3O2/c1-17(2)25(27(32)33)31-26(22-15-29-30-16-22)21-12-13-24(28)23(14-21)20-10-8-19(9-11-20)18-6-4-3-5-7-18/h3-17,25-26,31H,1-2H3,(H,29,30)(H,32,33). The fraction of sp³-hybridized carbons (Fsp3) is 0.185. The molecule has 168 valence electrons. The Bertz CT molecular complexity index is 1210. The van der Waals surface area contributed by atoms with Crippen LogP contribution in [0.25, 0.3) is 22.3 Å². The van der Waals surface area contributed by atoms with Crippen LogP contribution >= 0.6 is 0 Å². The second kappa shape index (κ2) is 9.79. The molecule has 0 aliphatic carbocycles. The van der Waals surface area contributed by atoms with Crippen LogP contribution in [-0.2, 0) is 4.79 Å². The molecule has 1 heterocycles. The minimum Gasteiger partial charge on any atom is -0.480 e. The molecular weight excluding hydrogens is 417 g/mol. The molecule has 3 N–H and O–H groups in total. The molecule has 2 atom stereocenters. The summed E-state index contributed by atoms with van der Waals surface area (Å²) in [6.07, 6.45) is 3.36. The number of aliphatic carboxylic acids is 1. The van der Waals surface area contributed by atoms with Crippen molar-refractivity contribution in [3.05, 3.63) is 102 Å². The van der Waals surface area contributed by atoms with Gasteiger partial charge in [0.05, 0.1) is 12.2 Å². The Labute approximate surface area is 192 Å². The van der Waals surface area contributed by atoms with Gasteiger partial charge in [-0.2, -0.15) is 5.10 Å². The number of nitrogens with one attached hydrogen (secondary N) is 2. The molecule has 0 spiro atoms. The summed E-state index contributed by atoms with van der Waals surface area (Å²) in [6.45, 7) is 3.70. The number of nitrogens with zero attached hydrogens (tertiary/aromatic N) is 1. The maximum Gasteiger partial charge on any atom is 0.320 e. The van der Waals surface area contributed by atoms with Gasteiger partial charge in [-0.1, -0.05) is 74.5 Å². The zero-order valence-electron chi connectivity index (χ0n) is 18.5. The third-order valence-electron chi connectivity index (χ3n) is 5.76. The Morgan fingerprint density at radius 1 is 0.939 bits per heavy atom. The highest BCUT2D eigenvalue weighted by molar-refractivity contribution is 5.74. The molecule has 4 rings (SSSR count). The molecule has 0 fully saturated rings. The molecule has 2 unspecified atom stereocenters. The third-order valence-corrected chi connectivity index (χ3v) is 5.76. The maximum atomic E-state index is 14.9. The zero-order valence-corrected chi connectivity index (χ0v) is 18.5. The van der Waals surface area contributed by atoms with Gasteiger partial charge in [0.1, 0.15) is 11.9 Å². The fourth-order valence-corrected chi connectivity index (χ4v) is 3.95. The number of carboxylic acids is 1. The number of rotatable bonds is 8. The Balaban J connectivity index is 1.70. The van der Waals surface area contributed by atoms with E-state index in [-0.39, 0.29) is 11.7 Å². The molecule has 0 bridgehead atoms. The monoisotopic (exact) mass is 443 g/mol. The summed E-state index contributed by atoms with van der Waals surface area (Å²) in [6, 6.07) is 21.4. The van der Waals surface area contributed by atoms with Gasteiger partial charge in [0.15, 0.2) is 0 Å². The summed E-state index contributed by atoms with van der Waals surface area (Å²) in [5.41, 5.74) is 4.88. The minimum atomic E-state index is -0.933. The average Bonchev–Trinajstić information content (AvgIpc) is 3.35. The lowest BCUT2D eigenvalue weighted by atomic mass is 9.93. The highest BCUT2D eigenvalue weighted by Crippen LogP contribution is 2.31. The van der Waals surface area contributed by atoms with Gasteiger partial charge in [-0.3, -0.25) is 15.2 Å². The summed E-state index contributed by atoms with van der Waals surface area (Å²) in [5.74, 6) is -1.41. The number of aromatic amines is 1. The van der Waals surface area contributed by atoms with E-state index < -0.39 is 18.1 Å². The summed E-state index contributed by atoms with van der Waals surface area (Å²) < 4.78 is 14.9. The van der Waals surface area contributed by atoms with Gasteiger partial charge >= 0.3 is 5.97 Å². The molecule has 4 aromatic rings. The molecule has 33 heavy (non-hydrogen) atoms. The first-order valence-electron chi connectivity index (χ1n) is 10.9. The number of carboxylic acid groups (broad SMARTS) is 1. The molecule has 5 nitrogen and oxygen atoms in total. The molecule has 0 radical (unpaired) electrons. The number of hydrogen-bond donors (Lipinski definition) is 3. The van der Waals surface area contributed by atoms with Crippen LogP contribution in [0.1, 0.15) is 31.0 Å². The zero-order chi connectivity index (χ0) is 23.4. The Morgan fingerprint density at radius 3 is 2.21 bits per heavy atom. The Morgan fingerprint density at radius 2 is 1.61 bits per heavy atom. The topological polar surface area (TPSA) is 78.0 Å². The lowest BCUT2D eigenvalue weighted by molar-refractivity contribution is -0.140. The van der Waals surface area contributed by atoms with Gasteiger partial charge in [-0.25, -0.2) is 4.39 Å². The van der Waals surface area contributed by atoms with E-state index in [1.807, 2.05) is 68.4 Å². The largest absolute Gasteiger partial charge is 0.480 e. The summed E-state index contributed by atoms with van der Waals surface area (Å²) in [5, 5.41) is 19.7. The lowest BCUT2D eigenvalue weighted by Gasteiger charge is -2.26. The number of aromatic nitrogens is 2. The summed E-state index contributed by atoms with van der Waals surface area (Å²) >= 11 is 0. The minimum absolute atomic E-state index is 0.137. The Hall–Kier alpha value is -3.77. The van der Waals surface area contributed by atoms with Crippen molar-refractivity contribution in [3.63, 3.8) is 0 Å². The van der Waals surface area contributed by atoms with Crippen LogP contribution in [0.15, 0.2) is 85.2 Å². The van der Waals surface area contributed by atoms with Crippen molar-refractivity contribution < 1.29 is 14.3 Å². The highest BCUT2D eigenvalue weighted by atomic mass is 19.1. The quantitative estimate of drug-likeness (QED) is 0.328. The van der Waals surface area contributed by atoms with E-state index in [1.165, 1.54) is 6.07 Å². The molecule has 1 aromatic heterocycles. The molecule has 0 saturated carbocycles. The van der Waals surface area contributed by atoms with Crippen molar-refractivity contribution in [3.8, 4) is 22.3 Å². The van der Waals surface area contributed by atoms with E-state index in [4.69, 9.17) is 0 Å². The van der Waals surface area contributed by atoms with Gasteiger partial charge < -0.3 is 5.11 Å². The van der Waals surface area contributed by atoms with E-state index in [9.17, 15) is 14.3 Å². The third kappa shape index (κ3) is 5.02. The second-order valence-electron chi connectivity index (χ2n) is 8.37. The maximum absolute atomic E-state index is 14.9. The van der Waals surface area contributed by atoms with E-state index in [0.717, 1.165) is 27.8 Å². The fourth-order valence-electron chi connectivity index (χ4n) is 3.95. The summed E-state index contributed by atoms with van der Waals surface area (Å²) in [4.78, 5) is 11.8. The van der Waals surface area contributed by atoms with Crippen molar-refractivity contribution >= 4 is 5.97 Å².